The van der Waals surface area contributed by atoms with E-state index >= 15 is 0 Å². The minimum atomic E-state index is 0.494. The molecule has 29 heavy (non-hydrogen) atoms. The lowest BCUT2D eigenvalue weighted by Crippen LogP contribution is -2.22. The van der Waals surface area contributed by atoms with E-state index in [1.807, 2.05) is 24.4 Å². The number of benzene rings is 2. The summed E-state index contributed by atoms with van der Waals surface area (Å²) in [5.41, 5.74) is 6.63. The fraction of sp³-hybridized carbons (Fsp3) is 0.167. The zero-order valence-electron chi connectivity index (χ0n) is 16.4. The molecule has 2 aromatic carbocycles. The van der Waals surface area contributed by atoms with Crippen LogP contribution in [0.1, 0.15) is 11.3 Å². The highest BCUT2D eigenvalue weighted by atomic mass is 16.5. The van der Waals surface area contributed by atoms with Crippen LogP contribution >= 0.6 is 0 Å². The van der Waals surface area contributed by atoms with E-state index in [-0.39, 0.29) is 0 Å². The number of hydrogen-bond donors (Lipinski definition) is 0. The lowest BCUT2D eigenvalue weighted by Gasteiger charge is -2.17. The Morgan fingerprint density at radius 3 is 2.79 bits per heavy atom. The van der Waals surface area contributed by atoms with Gasteiger partial charge in [-0.25, -0.2) is 0 Å². The molecule has 0 atom stereocenters. The van der Waals surface area contributed by atoms with Crippen LogP contribution in [0.3, 0.4) is 0 Å². The lowest BCUT2D eigenvalue weighted by molar-refractivity contribution is 0.125. The smallest absolute Gasteiger partial charge is 0.146 e. The van der Waals surface area contributed by atoms with Crippen LogP contribution < -0.4 is 4.74 Å². The summed E-state index contributed by atoms with van der Waals surface area (Å²) in [6.45, 7) is 5.89. The van der Waals surface area contributed by atoms with Gasteiger partial charge in [0, 0.05) is 43.4 Å². The summed E-state index contributed by atoms with van der Waals surface area (Å²) in [7, 11) is 2.06. The molecule has 0 radical (unpaired) electrons. The van der Waals surface area contributed by atoms with Crippen molar-refractivity contribution in [3.05, 3.63) is 78.2 Å². The Kier molecular flexibility index (Phi) is 4.37. The van der Waals surface area contributed by atoms with E-state index in [2.05, 4.69) is 75.8 Å². The second kappa shape index (κ2) is 7.18. The minimum Gasteiger partial charge on any atom is -0.476 e. The number of nitrogens with zero attached hydrogens (tertiary/aromatic N) is 4. The maximum atomic E-state index is 6.07. The van der Waals surface area contributed by atoms with Crippen molar-refractivity contribution < 1.29 is 4.74 Å². The Balaban J connectivity index is 1.34. The number of hydrogen-bond acceptors (Lipinski definition) is 4. The van der Waals surface area contributed by atoms with Crippen LogP contribution in [0.2, 0.25) is 0 Å². The summed E-state index contributed by atoms with van der Waals surface area (Å²) < 4.78 is 8.19. The summed E-state index contributed by atoms with van der Waals surface area (Å²) in [5, 5.41) is 1.22. The van der Waals surface area contributed by atoms with E-state index < -0.39 is 0 Å². The molecule has 0 bridgehead atoms. The predicted molar refractivity (Wildman–Crippen MR) is 117 cm³/mol. The molecule has 4 aromatic rings. The molecule has 5 nitrogen and oxygen atoms in total. The first-order chi connectivity index (χ1) is 14.2. The number of aromatic nitrogens is 2. The molecule has 0 fully saturated rings. The van der Waals surface area contributed by atoms with Crippen molar-refractivity contribution >= 4 is 23.3 Å². The molecule has 0 spiro atoms. The molecular weight excluding hydrogens is 360 g/mol. The van der Waals surface area contributed by atoms with E-state index in [4.69, 9.17) is 4.74 Å². The molecule has 0 amide bonds. The van der Waals surface area contributed by atoms with Crippen molar-refractivity contribution in [3.63, 3.8) is 0 Å². The zero-order chi connectivity index (χ0) is 19.8. The minimum absolute atomic E-state index is 0.494. The Bertz CT molecular complexity index is 1190. The fourth-order valence-electron chi connectivity index (χ4n) is 3.92. The van der Waals surface area contributed by atoms with E-state index in [0.717, 1.165) is 41.3 Å². The van der Waals surface area contributed by atoms with Gasteiger partial charge in [-0.2, -0.15) is 0 Å². The first-order valence-corrected chi connectivity index (χ1v) is 9.65. The third kappa shape index (κ3) is 3.30. The average molecular weight is 382 g/mol. The molecular formula is C24H22N4O. The SMILES string of the molecule is C=Nc1cc(-c2ccc3c(ccn3C)c2)ccc1OCN1Cc2cccnc2C1. The molecule has 0 N–H and O–H groups in total. The van der Waals surface area contributed by atoms with Gasteiger partial charge in [0.25, 0.3) is 0 Å². The van der Waals surface area contributed by atoms with E-state index in [9.17, 15) is 0 Å². The molecule has 0 saturated heterocycles. The highest BCUT2D eigenvalue weighted by Gasteiger charge is 2.20. The lowest BCUT2D eigenvalue weighted by atomic mass is 10.0. The van der Waals surface area contributed by atoms with Crippen molar-refractivity contribution in [3.8, 4) is 16.9 Å². The van der Waals surface area contributed by atoms with Crippen molar-refractivity contribution in [1.29, 1.82) is 0 Å². The van der Waals surface area contributed by atoms with Crippen molar-refractivity contribution in [2.75, 3.05) is 6.73 Å². The van der Waals surface area contributed by atoms with Gasteiger partial charge in [-0.05, 0) is 59.8 Å². The normalized spacial score (nSPS) is 13.6. The van der Waals surface area contributed by atoms with Gasteiger partial charge in [0.2, 0.25) is 0 Å². The summed E-state index contributed by atoms with van der Waals surface area (Å²) in [4.78, 5) is 10.9. The summed E-state index contributed by atoms with van der Waals surface area (Å²) in [5.74, 6) is 0.744. The number of aryl methyl sites for hydroxylation is 1. The molecule has 2 aromatic heterocycles. The predicted octanol–water partition coefficient (Wildman–Crippen LogP) is 4.92. The van der Waals surface area contributed by atoms with Crippen LogP contribution in [0, 0.1) is 0 Å². The van der Waals surface area contributed by atoms with Crippen LogP contribution in [0.4, 0.5) is 5.69 Å². The Morgan fingerprint density at radius 2 is 1.93 bits per heavy atom. The molecule has 5 heteroatoms. The number of rotatable bonds is 5. The van der Waals surface area contributed by atoms with E-state index in [1.165, 1.54) is 16.5 Å². The van der Waals surface area contributed by atoms with E-state index in [0.29, 0.717) is 6.73 Å². The fourth-order valence-corrected chi connectivity index (χ4v) is 3.92. The summed E-state index contributed by atoms with van der Waals surface area (Å²) in [6.07, 6.45) is 3.92. The van der Waals surface area contributed by atoms with Crippen LogP contribution in [0.15, 0.2) is 72.0 Å². The van der Waals surface area contributed by atoms with Crippen molar-refractivity contribution in [2.24, 2.45) is 12.0 Å². The zero-order valence-corrected chi connectivity index (χ0v) is 16.4. The summed E-state index contributed by atoms with van der Waals surface area (Å²) >= 11 is 0. The molecule has 5 rings (SSSR count). The molecule has 3 heterocycles. The quantitative estimate of drug-likeness (QED) is 0.460. The van der Waals surface area contributed by atoms with Crippen molar-refractivity contribution in [1.82, 2.24) is 14.5 Å². The largest absolute Gasteiger partial charge is 0.476 e. The standard InChI is InChI=1S/C24H22N4O/c1-25-21-13-18(17-5-7-23-19(12-17)9-11-27(23)2)6-8-24(21)29-16-28-14-20-4-3-10-26-22(20)15-28/h3-13H,1,14-16H2,2H3. The third-order valence-electron chi connectivity index (χ3n) is 5.50. The Hall–Kier alpha value is -3.44. The second-order valence-electron chi connectivity index (χ2n) is 7.41. The number of pyridine rings is 1. The van der Waals surface area contributed by atoms with Crippen molar-refractivity contribution in [2.45, 2.75) is 13.1 Å². The Morgan fingerprint density at radius 1 is 1.07 bits per heavy atom. The topological polar surface area (TPSA) is 42.6 Å². The second-order valence-corrected chi connectivity index (χ2v) is 7.41. The number of fused-ring (bicyclic) bond motifs is 2. The van der Waals surface area contributed by atoms with Gasteiger partial charge in [-0.3, -0.25) is 14.9 Å². The van der Waals surface area contributed by atoms with Gasteiger partial charge in [-0.1, -0.05) is 18.2 Å². The van der Waals surface area contributed by atoms with Gasteiger partial charge in [-0.15, -0.1) is 0 Å². The molecule has 1 aliphatic heterocycles. The average Bonchev–Trinajstić information content (AvgIpc) is 3.35. The van der Waals surface area contributed by atoms with Crippen LogP contribution in [0.5, 0.6) is 5.75 Å². The first kappa shape index (κ1) is 17.6. The van der Waals surface area contributed by atoms with Gasteiger partial charge in [0.05, 0.1) is 5.69 Å². The van der Waals surface area contributed by atoms with Crippen LogP contribution in [-0.4, -0.2) is 27.9 Å². The van der Waals surface area contributed by atoms with Crippen LogP contribution in [0.25, 0.3) is 22.0 Å². The van der Waals surface area contributed by atoms with Gasteiger partial charge >= 0.3 is 0 Å². The monoisotopic (exact) mass is 382 g/mol. The maximum Gasteiger partial charge on any atom is 0.146 e. The van der Waals surface area contributed by atoms with Gasteiger partial charge in [0.1, 0.15) is 18.2 Å². The van der Waals surface area contributed by atoms with Crippen LogP contribution in [-0.2, 0) is 20.1 Å². The molecule has 0 aliphatic carbocycles. The summed E-state index contributed by atoms with van der Waals surface area (Å²) in [6, 6.07) is 18.8. The maximum absolute atomic E-state index is 6.07. The van der Waals surface area contributed by atoms with Gasteiger partial charge in [0.15, 0.2) is 0 Å². The molecule has 1 aliphatic rings. The molecule has 144 valence electrons. The third-order valence-corrected chi connectivity index (χ3v) is 5.50. The number of aliphatic imine (C=N–C) groups is 1. The van der Waals surface area contributed by atoms with E-state index in [1.54, 1.807) is 0 Å². The molecule has 0 saturated carbocycles. The molecule has 0 unspecified atom stereocenters. The highest BCUT2D eigenvalue weighted by molar-refractivity contribution is 5.86. The number of ether oxygens (including phenoxy) is 1. The van der Waals surface area contributed by atoms with Gasteiger partial charge < -0.3 is 9.30 Å². The Labute approximate surface area is 169 Å². The highest BCUT2D eigenvalue weighted by Crippen LogP contribution is 2.34. The first-order valence-electron chi connectivity index (χ1n) is 9.65.